The molecule has 0 fully saturated rings. The van der Waals surface area contributed by atoms with E-state index in [2.05, 4.69) is 5.32 Å². The molecule has 2 N–H and O–H groups in total. The van der Waals surface area contributed by atoms with E-state index in [1.807, 2.05) is 0 Å². The summed E-state index contributed by atoms with van der Waals surface area (Å²) in [6.07, 6.45) is -1.44. The molecule has 21 heavy (non-hydrogen) atoms. The Balaban J connectivity index is 2.94. The van der Waals surface area contributed by atoms with Gasteiger partial charge in [-0.15, -0.1) is 11.3 Å². The summed E-state index contributed by atoms with van der Waals surface area (Å²) >= 11 is 1.32. The first kappa shape index (κ1) is 17.7. The van der Waals surface area contributed by atoms with E-state index in [0.717, 1.165) is 0 Å². The van der Waals surface area contributed by atoms with Gasteiger partial charge >= 0.3 is 5.97 Å². The summed E-state index contributed by atoms with van der Waals surface area (Å²) in [5, 5.41) is 14.8. The highest BCUT2D eigenvalue weighted by Gasteiger charge is 2.35. The summed E-state index contributed by atoms with van der Waals surface area (Å²) in [5.74, 6) is -0.952. The monoisotopic (exact) mass is 313 g/mol. The number of carbonyl (C=O) groups excluding carboxylic acids is 2. The lowest BCUT2D eigenvalue weighted by Crippen LogP contribution is -2.49. The minimum Gasteiger partial charge on any atom is -0.461 e. The second-order valence-electron chi connectivity index (χ2n) is 6.15. The predicted molar refractivity (Wildman–Crippen MR) is 81.9 cm³/mol. The molecule has 1 aromatic rings. The van der Waals surface area contributed by atoms with Crippen molar-refractivity contribution in [2.24, 2.45) is 5.41 Å². The second-order valence-corrected chi connectivity index (χ2v) is 7.13. The third kappa shape index (κ3) is 5.13. The average Bonchev–Trinajstić information content (AvgIpc) is 2.86. The Hall–Kier alpha value is -1.40. The van der Waals surface area contributed by atoms with Gasteiger partial charge in [0.15, 0.2) is 6.04 Å². The number of hydrogen-bond donors (Lipinski definition) is 2. The summed E-state index contributed by atoms with van der Waals surface area (Å²) in [6, 6.07) is 2.38. The van der Waals surface area contributed by atoms with Crippen molar-refractivity contribution in [2.45, 2.75) is 52.9 Å². The Labute approximate surface area is 129 Å². The van der Waals surface area contributed by atoms with Crippen LogP contribution in [0.3, 0.4) is 0 Å². The number of thiophene rings is 1. The van der Waals surface area contributed by atoms with Crippen LogP contribution in [0.15, 0.2) is 17.5 Å². The van der Waals surface area contributed by atoms with E-state index >= 15 is 0 Å². The van der Waals surface area contributed by atoms with E-state index in [-0.39, 0.29) is 12.0 Å². The van der Waals surface area contributed by atoms with Crippen LogP contribution in [0.4, 0.5) is 0 Å². The number of aliphatic hydroxyl groups excluding tert-OH is 1. The normalized spacial score (nSPS) is 14.6. The van der Waals surface area contributed by atoms with Crippen molar-refractivity contribution in [2.75, 3.05) is 0 Å². The van der Waals surface area contributed by atoms with E-state index in [0.29, 0.717) is 4.88 Å². The van der Waals surface area contributed by atoms with Gasteiger partial charge in [-0.05, 0) is 25.3 Å². The van der Waals surface area contributed by atoms with Crippen molar-refractivity contribution >= 4 is 23.2 Å². The molecule has 0 spiro atoms. The van der Waals surface area contributed by atoms with Crippen LogP contribution in [0.25, 0.3) is 0 Å². The van der Waals surface area contributed by atoms with Crippen molar-refractivity contribution in [3.8, 4) is 0 Å². The summed E-state index contributed by atoms with van der Waals surface area (Å²) in [4.78, 5) is 24.9. The average molecular weight is 313 g/mol. The Kier molecular flexibility index (Phi) is 5.92. The standard InChI is InChI=1S/C15H23NO4S/c1-9(2)20-13(18)11(16-14(19)15(3,4)5)12(17)10-7-6-8-21-10/h6-9,11-12,17H,1-5H3,(H,16,19). The maximum absolute atomic E-state index is 12.2. The van der Waals surface area contributed by atoms with Crippen molar-refractivity contribution in [1.29, 1.82) is 0 Å². The molecule has 0 aromatic carbocycles. The fourth-order valence-corrected chi connectivity index (χ4v) is 2.30. The third-order valence-electron chi connectivity index (χ3n) is 2.72. The van der Waals surface area contributed by atoms with Crippen LogP contribution in [0.1, 0.15) is 45.6 Å². The molecular weight excluding hydrogens is 290 g/mol. The van der Waals surface area contributed by atoms with Crippen molar-refractivity contribution < 1.29 is 19.4 Å². The van der Waals surface area contributed by atoms with Crippen LogP contribution >= 0.6 is 11.3 Å². The minimum absolute atomic E-state index is 0.316. The van der Waals surface area contributed by atoms with E-state index in [4.69, 9.17) is 4.74 Å². The largest absolute Gasteiger partial charge is 0.461 e. The SMILES string of the molecule is CC(C)OC(=O)C(NC(=O)C(C)(C)C)C(O)c1cccs1. The van der Waals surface area contributed by atoms with E-state index in [1.165, 1.54) is 11.3 Å². The molecule has 0 saturated heterocycles. The zero-order chi connectivity index (χ0) is 16.2. The zero-order valence-electron chi connectivity index (χ0n) is 13.0. The van der Waals surface area contributed by atoms with Gasteiger partial charge in [0.05, 0.1) is 6.10 Å². The predicted octanol–water partition coefficient (Wildman–Crippen LogP) is 2.26. The molecule has 1 aromatic heterocycles. The number of esters is 1. The highest BCUT2D eigenvalue weighted by atomic mass is 32.1. The molecular formula is C15H23NO4S. The van der Waals surface area contributed by atoms with Gasteiger partial charge in [-0.2, -0.15) is 0 Å². The third-order valence-corrected chi connectivity index (χ3v) is 3.67. The fraction of sp³-hybridized carbons (Fsp3) is 0.600. The van der Waals surface area contributed by atoms with Gasteiger partial charge in [-0.1, -0.05) is 26.8 Å². The van der Waals surface area contributed by atoms with Crippen LogP contribution < -0.4 is 5.32 Å². The van der Waals surface area contributed by atoms with Gasteiger partial charge in [0.1, 0.15) is 6.10 Å². The Morgan fingerprint density at radius 1 is 1.33 bits per heavy atom. The van der Waals surface area contributed by atoms with Crippen LogP contribution in [0.2, 0.25) is 0 Å². The van der Waals surface area contributed by atoms with Crippen molar-refractivity contribution in [3.05, 3.63) is 22.4 Å². The highest BCUT2D eigenvalue weighted by molar-refractivity contribution is 7.10. The lowest BCUT2D eigenvalue weighted by molar-refractivity contribution is -0.155. The molecule has 1 rings (SSSR count). The Bertz CT molecular complexity index is 476. The van der Waals surface area contributed by atoms with Gasteiger partial charge in [0.25, 0.3) is 0 Å². The quantitative estimate of drug-likeness (QED) is 0.818. The van der Waals surface area contributed by atoms with Crippen molar-refractivity contribution in [3.63, 3.8) is 0 Å². The molecule has 2 atom stereocenters. The van der Waals surface area contributed by atoms with Crippen LogP contribution in [0.5, 0.6) is 0 Å². The molecule has 0 aliphatic heterocycles. The Morgan fingerprint density at radius 3 is 2.38 bits per heavy atom. The van der Waals surface area contributed by atoms with Crippen LogP contribution in [-0.4, -0.2) is 29.1 Å². The van der Waals surface area contributed by atoms with Crippen LogP contribution in [0, 0.1) is 5.41 Å². The van der Waals surface area contributed by atoms with Gasteiger partial charge < -0.3 is 15.2 Å². The molecule has 0 saturated carbocycles. The number of rotatable bonds is 5. The molecule has 5 nitrogen and oxygen atoms in total. The first-order valence-corrected chi connectivity index (χ1v) is 7.74. The number of ether oxygens (including phenoxy) is 1. The van der Waals surface area contributed by atoms with Gasteiger partial charge in [0.2, 0.25) is 5.91 Å². The Morgan fingerprint density at radius 2 is 1.95 bits per heavy atom. The van der Waals surface area contributed by atoms with E-state index in [1.54, 1.807) is 52.1 Å². The number of aliphatic hydroxyl groups is 1. The van der Waals surface area contributed by atoms with E-state index in [9.17, 15) is 14.7 Å². The fourth-order valence-electron chi connectivity index (χ4n) is 1.55. The molecule has 118 valence electrons. The van der Waals surface area contributed by atoms with Crippen LogP contribution in [-0.2, 0) is 14.3 Å². The van der Waals surface area contributed by atoms with Crippen molar-refractivity contribution in [1.82, 2.24) is 5.32 Å². The molecule has 2 unspecified atom stereocenters. The number of hydrogen-bond acceptors (Lipinski definition) is 5. The molecule has 6 heteroatoms. The highest BCUT2D eigenvalue weighted by Crippen LogP contribution is 2.24. The zero-order valence-corrected chi connectivity index (χ0v) is 13.9. The molecule has 0 aliphatic rings. The first-order valence-electron chi connectivity index (χ1n) is 6.86. The topological polar surface area (TPSA) is 75.6 Å². The second kappa shape index (κ2) is 7.04. The smallest absolute Gasteiger partial charge is 0.332 e. The molecule has 0 bridgehead atoms. The molecule has 0 aliphatic carbocycles. The summed E-state index contributed by atoms with van der Waals surface area (Å²) < 4.78 is 5.14. The van der Waals surface area contributed by atoms with Gasteiger partial charge in [0, 0.05) is 10.3 Å². The number of nitrogens with one attached hydrogen (secondary N) is 1. The summed E-state index contributed by atoms with van der Waals surface area (Å²) in [5.41, 5.74) is -0.661. The lowest BCUT2D eigenvalue weighted by Gasteiger charge is -2.26. The maximum atomic E-state index is 12.2. The van der Waals surface area contributed by atoms with E-state index < -0.39 is 23.5 Å². The molecule has 1 amide bonds. The number of carbonyl (C=O) groups is 2. The number of amides is 1. The minimum atomic E-state index is -1.12. The van der Waals surface area contributed by atoms with Gasteiger partial charge in [-0.25, -0.2) is 4.79 Å². The molecule has 0 radical (unpaired) electrons. The molecule has 1 heterocycles. The summed E-state index contributed by atoms with van der Waals surface area (Å²) in [6.45, 7) is 8.66. The first-order chi connectivity index (χ1) is 9.62. The maximum Gasteiger partial charge on any atom is 0.332 e. The lowest BCUT2D eigenvalue weighted by atomic mass is 9.94. The summed E-state index contributed by atoms with van der Waals surface area (Å²) in [7, 11) is 0. The van der Waals surface area contributed by atoms with Gasteiger partial charge in [-0.3, -0.25) is 4.79 Å².